The van der Waals surface area contributed by atoms with Crippen LogP contribution in [0.4, 0.5) is 5.69 Å². The first-order valence-electron chi connectivity index (χ1n) is 5.05. The van der Waals surface area contributed by atoms with Crippen molar-refractivity contribution in [3.63, 3.8) is 0 Å². The third-order valence-corrected chi connectivity index (χ3v) is 6.36. The molecule has 2 heterocycles. The van der Waals surface area contributed by atoms with Gasteiger partial charge in [-0.3, -0.25) is 0 Å². The van der Waals surface area contributed by atoms with Gasteiger partial charge in [0.2, 0.25) is 10.0 Å². The zero-order valence-corrected chi connectivity index (χ0v) is 12.4. The smallest absolute Gasteiger partial charge is 0.250 e. The summed E-state index contributed by atoms with van der Waals surface area (Å²) in [6.45, 7) is 0.344. The number of halogens is 1. The van der Waals surface area contributed by atoms with Crippen molar-refractivity contribution in [1.29, 1.82) is 0 Å². The molecule has 8 heteroatoms. The van der Waals surface area contributed by atoms with Gasteiger partial charge in [0.05, 0.1) is 4.34 Å². The van der Waals surface area contributed by atoms with Crippen molar-refractivity contribution in [2.24, 2.45) is 0 Å². The maximum atomic E-state index is 11.9. The Bertz CT molecular complexity index is 633. The highest BCUT2D eigenvalue weighted by Crippen LogP contribution is 2.23. The zero-order valence-electron chi connectivity index (χ0n) is 9.22. The number of sulfonamides is 1. The second-order valence-corrected chi connectivity index (χ2v) is 8.26. The van der Waals surface area contributed by atoms with Crippen molar-refractivity contribution in [2.75, 3.05) is 12.3 Å². The van der Waals surface area contributed by atoms with E-state index in [1.807, 2.05) is 6.07 Å². The summed E-state index contributed by atoms with van der Waals surface area (Å²) in [7, 11) is -3.44. The van der Waals surface area contributed by atoms with Crippen molar-refractivity contribution >= 4 is 50.0 Å². The van der Waals surface area contributed by atoms with Crippen LogP contribution in [0.2, 0.25) is 4.34 Å². The van der Waals surface area contributed by atoms with E-state index in [-0.39, 0.29) is 4.21 Å². The average Bonchev–Trinajstić information content (AvgIpc) is 2.88. The molecule has 18 heavy (non-hydrogen) atoms. The van der Waals surface area contributed by atoms with Gasteiger partial charge >= 0.3 is 0 Å². The molecule has 0 aliphatic rings. The fraction of sp³-hybridized carbons (Fsp3) is 0.200. The number of nitrogens with two attached hydrogens (primary N) is 1. The minimum absolute atomic E-state index is 0.240. The summed E-state index contributed by atoms with van der Waals surface area (Å²) >= 11 is 8.36. The van der Waals surface area contributed by atoms with Crippen LogP contribution in [0.25, 0.3) is 0 Å². The summed E-state index contributed by atoms with van der Waals surface area (Å²) in [5.74, 6) is 0. The van der Waals surface area contributed by atoms with Crippen LogP contribution in [-0.4, -0.2) is 15.0 Å². The van der Waals surface area contributed by atoms with Gasteiger partial charge in [0.25, 0.3) is 0 Å². The molecule has 2 aromatic rings. The Morgan fingerprint density at radius 3 is 2.72 bits per heavy atom. The molecule has 0 saturated heterocycles. The van der Waals surface area contributed by atoms with Crippen LogP contribution in [-0.2, 0) is 16.4 Å². The van der Waals surface area contributed by atoms with Gasteiger partial charge in [-0.2, -0.15) is 0 Å². The summed E-state index contributed by atoms with van der Waals surface area (Å²) in [5, 5.41) is 1.60. The first-order chi connectivity index (χ1) is 8.47. The van der Waals surface area contributed by atoms with Crippen molar-refractivity contribution in [3.8, 4) is 0 Å². The van der Waals surface area contributed by atoms with Crippen LogP contribution in [0.5, 0.6) is 0 Å². The molecule has 0 aromatic carbocycles. The van der Waals surface area contributed by atoms with E-state index in [0.717, 1.165) is 16.2 Å². The fourth-order valence-corrected chi connectivity index (χ4v) is 4.58. The van der Waals surface area contributed by atoms with E-state index >= 15 is 0 Å². The normalized spacial score (nSPS) is 11.8. The first kappa shape index (κ1) is 13.8. The summed E-state index contributed by atoms with van der Waals surface area (Å²) in [4.78, 5) is 1.05. The number of thiophene rings is 2. The minimum atomic E-state index is -3.44. The van der Waals surface area contributed by atoms with Gasteiger partial charge < -0.3 is 5.73 Å². The Hall–Kier alpha value is -0.600. The molecule has 2 rings (SSSR count). The molecule has 2 aromatic heterocycles. The Morgan fingerprint density at radius 2 is 2.17 bits per heavy atom. The van der Waals surface area contributed by atoms with E-state index in [2.05, 4.69) is 4.72 Å². The Balaban J connectivity index is 1.93. The average molecular weight is 323 g/mol. The lowest BCUT2D eigenvalue weighted by atomic mass is 10.3. The predicted octanol–water partition coefficient (Wildman–Crippen LogP) is 2.57. The largest absolute Gasteiger partial charge is 0.398 e. The van der Waals surface area contributed by atoms with Crippen molar-refractivity contribution < 1.29 is 8.42 Å². The van der Waals surface area contributed by atoms with Gasteiger partial charge in [0.1, 0.15) is 4.21 Å². The number of nitrogen functional groups attached to an aromatic ring is 1. The molecule has 0 aliphatic carbocycles. The third kappa shape index (κ3) is 3.46. The summed E-state index contributed by atoms with van der Waals surface area (Å²) in [5.41, 5.74) is 5.97. The number of hydrogen-bond donors (Lipinski definition) is 2. The van der Waals surface area contributed by atoms with Crippen LogP contribution < -0.4 is 10.5 Å². The number of anilines is 1. The summed E-state index contributed by atoms with van der Waals surface area (Å²) in [6.07, 6.45) is 0.622. The maximum absolute atomic E-state index is 11.9. The van der Waals surface area contributed by atoms with E-state index in [1.165, 1.54) is 17.4 Å². The van der Waals surface area contributed by atoms with Crippen molar-refractivity contribution in [3.05, 3.63) is 32.8 Å². The molecule has 0 aliphatic heterocycles. The number of nitrogens with one attached hydrogen (secondary N) is 1. The Kier molecular flexibility index (Phi) is 4.29. The molecular formula is C10H11ClN2O2S3. The highest BCUT2D eigenvalue weighted by molar-refractivity contribution is 7.91. The lowest BCUT2D eigenvalue weighted by molar-refractivity contribution is 0.584. The molecule has 0 spiro atoms. The maximum Gasteiger partial charge on any atom is 0.250 e. The molecule has 0 radical (unpaired) electrons. The molecule has 0 saturated carbocycles. The van der Waals surface area contributed by atoms with E-state index in [1.54, 1.807) is 11.4 Å². The standard InChI is InChI=1S/C10H11ClN2O2S3/c11-9-2-1-8(17-9)3-4-13-18(14,15)10-5-7(12)6-16-10/h1-2,5-6,13H,3-4,12H2. The lowest BCUT2D eigenvalue weighted by Crippen LogP contribution is -2.25. The summed E-state index contributed by atoms with van der Waals surface area (Å²) < 4.78 is 27.2. The highest BCUT2D eigenvalue weighted by Gasteiger charge is 2.15. The Morgan fingerprint density at radius 1 is 1.39 bits per heavy atom. The molecule has 0 amide bonds. The predicted molar refractivity (Wildman–Crippen MR) is 77.0 cm³/mol. The molecule has 3 N–H and O–H groups in total. The summed E-state index contributed by atoms with van der Waals surface area (Å²) in [6, 6.07) is 5.15. The molecule has 0 bridgehead atoms. The highest BCUT2D eigenvalue weighted by atomic mass is 35.5. The fourth-order valence-electron chi connectivity index (χ4n) is 1.34. The van der Waals surface area contributed by atoms with Crippen LogP contribution in [0.1, 0.15) is 4.88 Å². The minimum Gasteiger partial charge on any atom is -0.398 e. The first-order valence-corrected chi connectivity index (χ1v) is 8.61. The quantitative estimate of drug-likeness (QED) is 0.888. The van der Waals surface area contributed by atoms with Crippen molar-refractivity contribution in [2.45, 2.75) is 10.6 Å². The van der Waals surface area contributed by atoms with Gasteiger partial charge in [-0.05, 0) is 24.6 Å². The monoisotopic (exact) mass is 322 g/mol. The molecule has 0 atom stereocenters. The SMILES string of the molecule is Nc1csc(S(=O)(=O)NCCc2ccc(Cl)s2)c1. The lowest BCUT2D eigenvalue weighted by Gasteiger charge is -2.03. The molecule has 4 nitrogen and oxygen atoms in total. The second-order valence-electron chi connectivity index (χ2n) is 3.55. The van der Waals surface area contributed by atoms with Gasteiger partial charge in [0.15, 0.2) is 0 Å². The van der Waals surface area contributed by atoms with Gasteiger partial charge in [0, 0.05) is 22.5 Å². The molecule has 98 valence electrons. The van der Waals surface area contributed by atoms with Crippen LogP contribution in [0.3, 0.4) is 0 Å². The molecular weight excluding hydrogens is 312 g/mol. The second kappa shape index (κ2) is 5.58. The van der Waals surface area contributed by atoms with E-state index in [4.69, 9.17) is 17.3 Å². The van der Waals surface area contributed by atoms with Crippen LogP contribution >= 0.6 is 34.3 Å². The topological polar surface area (TPSA) is 72.2 Å². The van der Waals surface area contributed by atoms with E-state index in [9.17, 15) is 8.42 Å². The Labute approximate surface area is 118 Å². The molecule has 0 unspecified atom stereocenters. The number of rotatable bonds is 5. The molecule has 0 fully saturated rings. The van der Waals surface area contributed by atoms with Crippen molar-refractivity contribution in [1.82, 2.24) is 4.72 Å². The number of hydrogen-bond acceptors (Lipinski definition) is 5. The van der Waals surface area contributed by atoms with Gasteiger partial charge in [-0.25, -0.2) is 13.1 Å². The van der Waals surface area contributed by atoms with Crippen LogP contribution in [0, 0.1) is 0 Å². The van der Waals surface area contributed by atoms with Gasteiger partial charge in [-0.15, -0.1) is 22.7 Å². The van der Waals surface area contributed by atoms with Crippen LogP contribution in [0.15, 0.2) is 27.8 Å². The van der Waals surface area contributed by atoms with E-state index < -0.39 is 10.0 Å². The van der Waals surface area contributed by atoms with E-state index in [0.29, 0.717) is 23.0 Å². The third-order valence-electron chi connectivity index (χ3n) is 2.15. The zero-order chi connectivity index (χ0) is 13.2. The van der Waals surface area contributed by atoms with Gasteiger partial charge in [-0.1, -0.05) is 11.6 Å².